The van der Waals surface area contributed by atoms with E-state index in [1.165, 1.54) is 0 Å². The van der Waals surface area contributed by atoms with Crippen molar-refractivity contribution in [1.29, 1.82) is 0 Å². The number of hydrogen-bond acceptors (Lipinski definition) is 8. The lowest BCUT2D eigenvalue weighted by atomic mass is 10.2. The molecule has 4 aromatic rings. The van der Waals surface area contributed by atoms with Crippen LogP contribution in [0.3, 0.4) is 0 Å². The van der Waals surface area contributed by atoms with Crippen LogP contribution in [-0.4, -0.2) is 55.0 Å². The number of benzene rings is 2. The van der Waals surface area contributed by atoms with E-state index in [1.54, 1.807) is 6.33 Å². The molecule has 46 heavy (non-hydrogen) atoms. The number of imidazole rings is 1. The normalized spacial score (nSPS) is 19.5. The number of rotatable bonds is 11. The van der Waals surface area contributed by atoms with Gasteiger partial charge in [-0.25, -0.2) is 4.98 Å². The highest BCUT2D eigenvalue weighted by atomic mass is 28.4. The Hall–Kier alpha value is -3.10. The van der Waals surface area contributed by atoms with E-state index in [0.29, 0.717) is 42.6 Å². The van der Waals surface area contributed by atoms with Crippen LogP contribution in [0.2, 0.25) is 36.3 Å². The number of anilines is 2. The van der Waals surface area contributed by atoms with Gasteiger partial charge in [0.2, 0.25) is 11.8 Å². The lowest BCUT2D eigenvalue weighted by Gasteiger charge is -2.40. The van der Waals surface area contributed by atoms with Gasteiger partial charge in [-0.1, -0.05) is 90.1 Å². The van der Waals surface area contributed by atoms with Gasteiger partial charge in [0.05, 0.1) is 19.0 Å². The predicted octanol–water partition coefficient (Wildman–Crippen LogP) is 8.85. The summed E-state index contributed by atoms with van der Waals surface area (Å²) in [5.74, 6) is 0.837. The molecule has 0 saturated carbocycles. The van der Waals surface area contributed by atoms with E-state index in [9.17, 15) is 0 Å². The molecule has 3 atom stereocenters. The largest absolute Gasteiger partial charge is 0.471 e. The van der Waals surface area contributed by atoms with E-state index < -0.39 is 16.6 Å². The molecule has 0 bridgehead atoms. The van der Waals surface area contributed by atoms with Crippen molar-refractivity contribution in [1.82, 2.24) is 19.5 Å². The molecule has 1 unspecified atom stereocenters. The summed E-state index contributed by atoms with van der Waals surface area (Å²) in [6.45, 7) is 23.6. The molecule has 5 rings (SSSR count). The van der Waals surface area contributed by atoms with Gasteiger partial charge >= 0.3 is 0 Å². The zero-order chi connectivity index (χ0) is 33.3. The first kappa shape index (κ1) is 34.2. The molecule has 0 amide bonds. The minimum absolute atomic E-state index is 0.0633. The van der Waals surface area contributed by atoms with Crippen LogP contribution in [0.25, 0.3) is 11.2 Å². The highest BCUT2D eigenvalue weighted by molar-refractivity contribution is 6.74. The van der Waals surface area contributed by atoms with Gasteiger partial charge in [0.1, 0.15) is 18.9 Å². The van der Waals surface area contributed by atoms with Crippen molar-refractivity contribution in [2.45, 2.75) is 109 Å². The molecule has 1 fully saturated rings. The van der Waals surface area contributed by atoms with Crippen molar-refractivity contribution in [3.63, 3.8) is 0 Å². The quantitative estimate of drug-likeness (QED) is 0.159. The Morgan fingerprint density at radius 1 is 0.870 bits per heavy atom. The summed E-state index contributed by atoms with van der Waals surface area (Å²) < 4.78 is 28.8. The van der Waals surface area contributed by atoms with E-state index >= 15 is 0 Å². The van der Waals surface area contributed by atoms with Crippen molar-refractivity contribution < 1.29 is 18.3 Å². The molecule has 2 aromatic heterocycles. The fraction of sp³-hybridized carbons (Fsp3) is 0.514. The summed E-state index contributed by atoms with van der Waals surface area (Å²) in [7, 11) is -4.11. The van der Waals surface area contributed by atoms with Gasteiger partial charge < -0.3 is 23.6 Å². The summed E-state index contributed by atoms with van der Waals surface area (Å²) in [6.07, 6.45) is 1.77. The Kier molecular flexibility index (Phi) is 9.82. The highest BCUT2D eigenvalue weighted by Gasteiger charge is 2.47. The standard InChI is InChI=1S/C35H51N5O4Si2/c1-34(2,3)45(7,8)42-23-28-27(44-46(9,10)35(4,5)6)21-29(43-28)40-24-36-30-31(40)38-33(37-26-19-15-12-16-20-26)39-32(30)41-22-25-17-13-11-14-18-25/h11-20,24,27-29H,21-23H2,1-10H3,(H,37,38,39)/t27-,28+,29?/m0/s1. The van der Waals surface area contributed by atoms with E-state index in [0.717, 1.165) is 11.3 Å². The maximum atomic E-state index is 7.03. The SMILES string of the molecule is CC(C)(C)[Si](C)(C)OC[C@H]1OC(n2cnc3c(OCc4ccccc4)nc(Nc4ccccc4)nc32)C[C@@H]1O[Si](C)(C)C(C)(C)C. The van der Waals surface area contributed by atoms with E-state index in [2.05, 4.69) is 73.0 Å². The molecule has 0 radical (unpaired) electrons. The van der Waals surface area contributed by atoms with Gasteiger partial charge in [0.15, 0.2) is 27.8 Å². The van der Waals surface area contributed by atoms with Gasteiger partial charge in [-0.2, -0.15) is 9.97 Å². The minimum Gasteiger partial charge on any atom is -0.471 e. The number of fused-ring (bicyclic) bond motifs is 1. The van der Waals surface area contributed by atoms with E-state index in [4.69, 9.17) is 33.3 Å². The fourth-order valence-corrected chi connectivity index (χ4v) is 7.21. The molecule has 1 aliphatic rings. The molecule has 0 aliphatic carbocycles. The van der Waals surface area contributed by atoms with Gasteiger partial charge in [0, 0.05) is 12.1 Å². The third kappa shape index (κ3) is 7.71. The zero-order valence-corrected chi connectivity index (χ0v) is 31.1. The molecule has 11 heteroatoms. The number of nitrogens with zero attached hydrogens (tertiary/aromatic N) is 4. The summed E-state index contributed by atoms with van der Waals surface area (Å²) in [5.41, 5.74) is 3.14. The van der Waals surface area contributed by atoms with Crippen molar-refractivity contribution in [3.05, 3.63) is 72.6 Å². The number of hydrogen-bond donors (Lipinski definition) is 1. The highest BCUT2D eigenvalue weighted by Crippen LogP contribution is 2.43. The molecular weight excluding hydrogens is 611 g/mol. The summed E-state index contributed by atoms with van der Waals surface area (Å²) in [5, 5.41) is 3.50. The second-order valence-electron chi connectivity index (χ2n) is 15.3. The van der Waals surface area contributed by atoms with Crippen LogP contribution in [-0.2, 0) is 20.2 Å². The molecule has 248 valence electrons. The number of para-hydroxylation sites is 1. The third-order valence-corrected chi connectivity index (χ3v) is 18.8. The third-order valence-electron chi connectivity index (χ3n) is 9.80. The number of aromatic nitrogens is 4. The number of ether oxygens (including phenoxy) is 2. The van der Waals surface area contributed by atoms with Gasteiger partial charge in [-0.3, -0.25) is 4.57 Å². The molecule has 1 N–H and O–H groups in total. The van der Waals surface area contributed by atoms with Crippen LogP contribution in [0.1, 0.15) is 59.8 Å². The molecule has 3 heterocycles. The molecule has 1 aliphatic heterocycles. The maximum Gasteiger partial charge on any atom is 0.247 e. The number of nitrogens with one attached hydrogen (secondary N) is 1. The average Bonchev–Trinajstić information content (AvgIpc) is 3.58. The fourth-order valence-electron chi connectivity index (χ4n) is 4.84. The second kappa shape index (κ2) is 13.2. The van der Waals surface area contributed by atoms with Crippen molar-refractivity contribution in [3.8, 4) is 5.88 Å². The molecular formula is C35H51N5O4Si2. The Balaban J connectivity index is 1.48. The topological polar surface area (TPSA) is 92.6 Å². The molecule has 2 aromatic carbocycles. The van der Waals surface area contributed by atoms with Gasteiger partial charge in [-0.15, -0.1) is 0 Å². The van der Waals surface area contributed by atoms with Crippen LogP contribution >= 0.6 is 0 Å². The van der Waals surface area contributed by atoms with Crippen LogP contribution in [0, 0.1) is 0 Å². The van der Waals surface area contributed by atoms with Crippen LogP contribution in [0.5, 0.6) is 5.88 Å². The monoisotopic (exact) mass is 661 g/mol. The lowest BCUT2D eigenvalue weighted by Crippen LogP contribution is -2.48. The van der Waals surface area contributed by atoms with Crippen LogP contribution in [0.15, 0.2) is 67.0 Å². The predicted molar refractivity (Wildman–Crippen MR) is 190 cm³/mol. The van der Waals surface area contributed by atoms with E-state index in [1.807, 2.05) is 65.2 Å². The molecule has 9 nitrogen and oxygen atoms in total. The van der Waals surface area contributed by atoms with Crippen molar-refractivity contribution in [2.75, 3.05) is 11.9 Å². The molecule has 1 saturated heterocycles. The minimum atomic E-state index is -2.10. The first-order valence-corrected chi connectivity index (χ1v) is 22.1. The summed E-state index contributed by atoms with van der Waals surface area (Å²) in [4.78, 5) is 14.4. The van der Waals surface area contributed by atoms with E-state index in [-0.39, 0.29) is 28.5 Å². The smallest absolute Gasteiger partial charge is 0.247 e. The Labute approximate surface area is 276 Å². The summed E-state index contributed by atoms with van der Waals surface area (Å²) in [6, 6.07) is 19.9. The summed E-state index contributed by atoms with van der Waals surface area (Å²) >= 11 is 0. The zero-order valence-electron chi connectivity index (χ0n) is 29.1. The molecule has 0 spiro atoms. The average molecular weight is 662 g/mol. The Morgan fingerprint density at radius 2 is 1.50 bits per heavy atom. The first-order chi connectivity index (χ1) is 21.5. The Morgan fingerprint density at radius 3 is 2.13 bits per heavy atom. The lowest BCUT2D eigenvalue weighted by molar-refractivity contribution is -0.0383. The first-order valence-electron chi connectivity index (χ1n) is 16.2. The maximum absolute atomic E-state index is 7.03. The van der Waals surface area contributed by atoms with Crippen molar-refractivity contribution in [2.24, 2.45) is 0 Å². The van der Waals surface area contributed by atoms with Crippen LogP contribution < -0.4 is 10.1 Å². The van der Waals surface area contributed by atoms with Gasteiger partial charge in [-0.05, 0) is 54.0 Å². The van der Waals surface area contributed by atoms with Crippen molar-refractivity contribution >= 4 is 39.4 Å². The second-order valence-corrected chi connectivity index (χ2v) is 24.9. The van der Waals surface area contributed by atoms with Gasteiger partial charge in [0.25, 0.3) is 0 Å². The Bertz CT molecular complexity index is 1600. The van der Waals surface area contributed by atoms with Crippen LogP contribution in [0.4, 0.5) is 11.6 Å².